The van der Waals surface area contributed by atoms with E-state index in [1.807, 2.05) is 60.7 Å². The van der Waals surface area contributed by atoms with Crippen molar-refractivity contribution in [1.82, 2.24) is 15.6 Å². The third-order valence-corrected chi connectivity index (χ3v) is 6.19. The molecule has 3 rings (SSSR count). The first kappa shape index (κ1) is 36.7. The van der Waals surface area contributed by atoms with E-state index < -0.39 is 60.8 Å². The molecule has 2 amide bonds. The lowest BCUT2D eigenvalue weighted by atomic mass is 9.98. The second kappa shape index (κ2) is 18.4. The molecule has 0 aliphatic heterocycles. The van der Waals surface area contributed by atoms with E-state index in [0.717, 1.165) is 16.9 Å². The highest BCUT2D eigenvalue weighted by molar-refractivity contribution is 5.91. The minimum absolute atomic E-state index is 0.104. The van der Waals surface area contributed by atoms with Gasteiger partial charge in [0.15, 0.2) is 0 Å². The zero-order valence-corrected chi connectivity index (χ0v) is 24.4. The molecule has 0 radical (unpaired) electrons. The maximum atomic E-state index is 13.0. The van der Waals surface area contributed by atoms with E-state index in [-0.39, 0.29) is 6.42 Å². The molecular weight excluding hydrogens is 613 g/mol. The Morgan fingerprint density at radius 3 is 1.87 bits per heavy atom. The molecule has 0 bridgehead atoms. The lowest BCUT2D eigenvalue weighted by molar-refractivity contribution is -0.192. The van der Waals surface area contributed by atoms with Gasteiger partial charge in [0.25, 0.3) is 0 Å². The summed E-state index contributed by atoms with van der Waals surface area (Å²) in [5.74, 6) is -5.65. The minimum Gasteiger partial charge on any atom is -0.481 e. The first-order valence-corrected chi connectivity index (χ1v) is 13.9. The lowest BCUT2D eigenvalue weighted by Gasteiger charge is -2.22. The smallest absolute Gasteiger partial charge is 0.481 e. The van der Waals surface area contributed by atoms with Crippen LogP contribution in [-0.2, 0) is 24.0 Å². The molecule has 246 valence electrons. The lowest BCUT2D eigenvalue weighted by Crippen LogP contribution is -2.48. The molecule has 3 aromatic rings. The van der Waals surface area contributed by atoms with Gasteiger partial charge >= 0.3 is 24.1 Å². The van der Waals surface area contributed by atoms with Gasteiger partial charge in [0, 0.05) is 19.2 Å². The van der Waals surface area contributed by atoms with E-state index in [9.17, 15) is 42.6 Å². The maximum Gasteiger partial charge on any atom is 0.490 e. The summed E-state index contributed by atoms with van der Waals surface area (Å²) < 4.78 is 31.7. The number of carboxylic acid groups (broad SMARTS) is 3. The third-order valence-electron chi connectivity index (χ3n) is 6.19. The van der Waals surface area contributed by atoms with Gasteiger partial charge in [0.2, 0.25) is 11.8 Å². The van der Waals surface area contributed by atoms with Gasteiger partial charge in [-0.25, -0.2) is 9.78 Å². The first-order chi connectivity index (χ1) is 21.8. The molecular formula is C31H33F3N4O8. The highest BCUT2D eigenvalue weighted by Gasteiger charge is 2.38. The van der Waals surface area contributed by atoms with Crippen LogP contribution < -0.4 is 16.0 Å². The molecule has 12 nitrogen and oxygen atoms in total. The molecule has 0 saturated carbocycles. The molecule has 0 fully saturated rings. The molecule has 1 aromatic heterocycles. The summed E-state index contributed by atoms with van der Waals surface area (Å²) in [4.78, 5) is 61.4. The van der Waals surface area contributed by atoms with E-state index in [2.05, 4.69) is 20.9 Å². The Morgan fingerprint density at radius 1 is 0.739 bits per heavy atom. The second-order valence-electron chi connectivity index (χ2n) is 9.77. The molecule has 0 aliphatic rings. The van der Waals surface area contributed by atoms with Gasteiger partial charge < -0.3 is 31.3 Å². The Hall–Kier alpha value is -5.47. The SMILES string of the molecule is O=C(O)C(F)(F)F.O=C(O)CC(NC(=O)[C@@H](CC(=O)O)NC(=O)CCCCNc1ccccn1)c1ccc(-c2ccccc2)cc1. The quantitative estimate of drug-likeness (QED) is 0.130. The van der Waals surface area contributed by atoms with Crippen molar-refractivity contribution in [3.8, 4) is 11.1 Å². The number of hydrogen-bond donors (Lipinski definition) is 6. The number of nitrogens with zero attached hydrogens (tertiary/aromatic N) is 1. The van der Waals surface area contributed by atoms with E-state index in [1.54, 1.807) is 18.3 Å². The van der Waals surface area contributed by atoms with Gasteiger partial charge in [-0.3, -0.25) is 19.2 Å². The highest BCUT2D eigenvalue weighted by atomic mass is 19.4. The number of anilines is 1. The van der Waals surface area contributed by atoms with Crippen LogP contribution in [0.2, 0.25) is 0 Å². The van der Waals surface area contributed by atoms with Crippen LogP contribution >= 0.6 is 0 Å². The maximum absolute atomic E-state index is 13.0. The Kier molecular flexibility index (Phi) is 14.7. The summed E-state index contributed by atoms with van der Waals surface area (Å²) in [5.41, 5.74) is 2.46. The number of aromatic nitrogens is 1. The molecule has 2 aromatic carbocycles. The van der Waals surface area contributed by atoms with Crippen molar-refractivity contribution < 1.29 is 52.5 Å². The van der Waals surface area contributed by atoms with Crippen LogP contribution in [-0.4, -0.2) is 68.8 Å². The van der Waals surface area contributed by atoms with Gasteiger partial charge in [-0.2, -0.15) is 13.2 Å². The average molecular weight is 647 g/mol. The fraction of sp³-hybridized carbons (Fsp3) is 0.290. The number of rotatable bonds is 15. The van der Waals surface area contributed by atoms with Crippen LogP contribution in [0.4, 0.5) is 19.0 Å². The summed E-state index contributed by atoms with van der Waals surface area (Å²) in [6, 6.07) is 20.0. The topological polar surface area (TPSA) is 195 Å². The number of nitrogens with one attached hydrogen (secondary N) is 3. The number of aliphatic carboxylic acids is 3. The fourth-order valence-electron chi connectivity index (χ4n) is 3.98. The molecule has 15 heteroatoms. The highest BCUT2D eigenvalue weighted by Crippen LogP contribution is 2.24. The fourth-order valence-corrected chi connectivity index (χ4v) is 3.98. The Bertz CT molecular complexity index is 1440. The number of carboxylic acids is 3. The van der Waals surface area contributed by atoms with Crippen molar-refractivity contribution in [3.05, 3.63) is 84.6 Å². The van der Waals surface area contributed by atoms with Gasteiger partial charge in [0.05, 0.1) is 18.9 Å². The van der Waals surface area contributed by atoms with Crippen molar-refractivity contribution in [2.24, 2.45) is 0 Å². The summed E-state index contributed by atoms with van der Waals surface area (Å²) in [6.07, 6.45) is -3.17. The molecule has 1 unspecified atom stereocenters. The molecule has 1 heterocycles. The monoisotopic (exact) mass is 646 g/mol. The zero-order chi connectivity index (χ0) is 34.1. The number of hydrogen-bond acceptors (Lipinski definition) is 7. The van der Waals surface area contributed by atoms with Crippen molar-refractivity contribution >= 4 is 35.5 Å². The number of alkyl halides is 3. The zero-order valence-electron chi connectivity index (χ0n) is 24.4. The third kappa shape index (κ3) is 13.9. The van der Waals surface area contributed by atoms with E-state index in [4.69, 9.17) is 9.90 Å². The summed E-state index contributed by atoms with van der Waals surface area (Å²) in [5, 5.41) is 34.1. The van der Waals surface area contributed by atoms with E-state index in [0.29, 0.717) is 24.9 Å². The van der Waals surface area contributed by atoms with E-state index >= 15 is 0 Å². The number of pyridine rings is 1. The number of halogens is 3. The molecule has 2 atom stereocenters. The number of benzene rings is 2. The predicted molar refractivity (Wildman–Crippen MR) is 159 cm³/mol. The second-order valence-corrected chi connectivity index (χ2v) is 9.77. The number of carbonyl (C=O) groups excluding carboxylic acids is 2. The van der Waals surface area contributed by atoms with Crippen molar-refractivity contribution in [2.75, 3.05) is 11.9 Å². The van der Waals surface area contributed by atoms with Gasteiger partial charge in [-0.1, -0.05) is 60.7 Å². The van der Waals surface area contributed by atoms with E-state index in [1.165, 1.54) is 0 Å². The van der Waals surface area contributed by atoms with Gasteiger partial charge in [-0.05, 0) is 41.7 Å². The summed E-state index contributed by atoms with van der Waals surface area (Å²) >= 11 is 0. The normalized spacial score (nSPS) is 12.0. The molecule has 6 N–H and O–H groups in total. The summed E-state index contributed by atoms with van der Waals surface area (Å²) in [7, 11) is 0. The average Bonchev–Trinajstić information content (AvgIpc) is 3.00. The molecule has 0 spiro atoms. The molecule has 46 heavy (non-hydrogen) atoms. The van der Waals surface area contributed by atoms with Gasteiger partial charge in [-0.15, -0.1) is 0 Å². The number of amides is 2. The van der Waals surface area contributed by atoms with Crippen molar-refractivity contribution in [2.45, 2.75) is 50.4 Å². The van der Waals surface area contributed by atoms with Crippen LogP contribution in [0.3, 0.4) is 0 Å². The largest absolute Gasteiger partial charge is 0.490 e. The van der Waals surface area contributed by atoms with Crippen LogP contribution in [0.1, 0.15) is 43.7 Å². The van der Waals surface area contributed by atoms with Crippen LogP contribution in [0.25, 0.3) is 11.1 Å². The van der Waals surface area contributed by atoms with Crippen molar-refractivity contribution in [3.63, 3.8) is 0 Å². The minimum atomic E-state index is -5.08. The van der Waals surface area contributed by atoms with Crippen molar-refractivity contribution in [1.29, 1.82) is 0 Å². The standard InChI is InChI=1S/C29H32N4O6.C2HF3O2/c34-26(11-5-7-17-31-25-10-4-6-16-30-25)32-24(19-28(37)38)29(39)33-23(18-27(35)36)22-14-12-21(13-15-22)20-8-2-1-3-9-20;3-2(4,5)1(6)7/h1-4,6,8-10,12-16,23-24H,5,7,11,17-19H2,(H,30,31)(H,32,34)(H,33,39)(H,35,36)(H,37,38);(H,6,7)/t23?,24-;/m1./s1. The number of unbranched alkanes of at least 4 members (excludes halogenated alkanes) is 1. The summed E-state index contributed by atoms with van der Waals surface area (Å²) in [6.45, 7) is 0.600. The Balaban J connectivity index is 0.000000942. The Morgan fingerprint density at radius 2 is 1.33 bits per heavy atom. The van der Waals surface area contributed by atoms with Crippen LogP contribution in [0.15, 0.2) is 79.0 Å². The number of carbonyl (C=O) groups is 5. The molecule has 0 aliphatic carbocycles. The van der Waals surface area contributed by atoms with Gasteiger partial charge in [0.1, 0.15) is 11.9 Å². The first-order valence-electron chi connectivity index (χ1n) is 13.9. The van der Waals surface area contributed by atoms with Crippen LogP contribution in [0.5, 0.6) is 0 Å². The predicted octanol–water partition coefficient (Wildman–Crippen LogP) is 4.26. The van der Waals surface area contributed by atoms with Crippen LogP contribution in [0, 0.1) is 0 Å². The Labute approximate surface area is 261 Å². The molecule has 0 saturated heterocycles.